The maximum absolute atomic E-state index is 12.3. The second kappa shape index (κ2) is 3.81. The monoisotopic (exact) mass is 184 g/mol. The van der Waals surface area contributed by atoms with Crippen LogP contribution >= 0.6 is 0 Å². The van der Waals surface area contributed by atoms with E-state index in [1.165, 1.54) is 19.4 Å². The first-order valence-electron chi connectivity index (χ1n) is 3.41. The third-order valence-corrected chi connectivity index (χ3v) is 1.48. The molecule has 1 aromatic heterocycles. The number of halogens is 2. The molecule has 0 N–H and O–H groups in total. The zero-order chi connectivity index (χ0) is 9.84. The average Bonchev–Trinajstić information content (AvgIpc) is 2.16. The lowest BCUT2D eigenvalue weighted by Crippen LogP contribution is -1.98. The van der Waals surface area contributed by atoms with Gasteiger partial charge >= 0.3 is 0 Å². The molecule has 1 heterocycles. The minimum absolute atomic E-state index is 0.118. The van der Waals surface area contributed by atoms with E-state index < -0.39 is 12.1 Å². The Bertz CT molecular complexity index is 346. The van der Waals surface area contributed by atoms with Crippen LogP contribution in [0.2, 0.25) is 0 Å². The number of rotatable bonds is 2. The summed E-state index contributed by atoms with van der Waals surface area (Å²) in [5.41, 5.74) is -0.748. The lowest BCUT2D eigenvalue weighted by molar-refractivity contribution is 0.145. The first-order chi connectivity index (χ1) is 6.20. The highest BCUT2D eigenvalue weighted by atomic mass is 19.3. The van der Waals surface area contributed by atoms with Crippen molar-refractivity contribution in [3.63, 3.8) is 0 Å². The van der Waals surface area contributed by atoms with Crippen molar-refractivity contribution in [2.45, 2.75) is 6.43 Å². The van der Waals surface area contributed by atoms with Crippen molar-refractivity contribution in [3.8, 4) is 11.8 Å². The summed E-state index contributed by atoms with van der Waals surface area (Å²) in [6.07, 6.45) is -1.58. The number of pyridine rings is 1. The maximum Gasteiger partial charge on any atom is 0.281 e. The molecule has 0 aliphatic rings. The van der Waals surface area contributed by atoms with E-state index in [-0.39, 0.29) is 11.3 Å². The molecule has 5 heteroatoms. The van der Waals surface area contributed by atoms with Gasteiger partial charge in [0.05, 0.1) is 7.11 Å². The van der Waals surface area contributed by atoms with E-state index in [0.29, 0.717) is 0 Å². The molecule has 3 nitrogen and oxygen atoms in total. The van der Waals surface area contributed by atoms with E-state index in [4.69, 9.17) is 10.00 Å². The third-order valence-electron chi connectivity index (χ3n) is 1.48. The molecule has 0 saturated carbocycles. The highest BCUT2D eigenvalue weighted by Crippen LogP contribution is 2.26. The van der Waals surface area contributed by atoms with E-state index in [1.807, 2.05) is 0 Å². The van der Waals surface area contributed by atoms with Gasteiger partial charge in [0.2, 0.25) is 0 Å². The number of hydrogen-bond acceptors (Lipinski definition) is 3. The smallest absolute Gasteiger partial charge is 0.281 e. The molecule has 0 aromatic carbocycles. The summed E-state index contributed by atoms with van der Waals surface area (Å²) < 4.78 is 29.3. The number of methoxy groups -OCH3 is 1. The molecule has 0 amide bonds. The summed E-state index contributed by atoms with van der Waals surface area (Å²) in [4.78, 5) is 3.41. The first kappa shape index (κ1) is 9.39. The molecule has 0 fully saturated rings. The van der Waals surface area contributed by atoms with E-state index in [1.54, 1.807) is 6.07 Å². The third kappa shape index (κ3) is 1.72. The summed E-state index contributed by atoms with van der Waals surface area (Å²) in [5.74, 6) is 0.118. The van der Waals surface area contributed by atoms with Gasteiger partial charge in [-0.3, -0.25) is 4.98 Å². The summed E-state index contributed by atoms with van der Waals surface area (Å²) in [7, 11) is 1.31. The van der Waals surface area contributed by atoms with Crippen LogP contribution in [0.5, 0.6) is 5.75 Å². The summed E-state index contributed by atoms with van der Waals surface area (Å²) in [6, 6.07) is 2.99. The molecule has 0 atom stereocenters. The Balaban J connectivity index is 3.29. The van der Waals surface area contributed by atoms with Crippen LogP contribution in [0.1, 0.15) is 17.7 Å². The molecule has 0 unspecified atom stereocenters. The van der Waals surface area contributed by atoms with Gasteiger partial charge in [0.1, 0.15) is 23.1 Å². The molecule has 0 radical (unpaired) electrons. The number of ether oxygens (including phenoxy) is 1. The molecular weight excluding hydrogens is 178 g/mol. The van der Waals surface area contributed by atoms with Crippen LogP contribution in [-0.4, -0.2) is 12.1 Å². The van der Waals surface area contributed by atoms with Crippen molar-refractivity contribution in [2.75, 3.05) is 7.11 Å². The Labute approximate surface area is 73.6 Å². The largest absolute Gasteiger partial charge is 0.495 e. The van der Waals surface area contributed by atoms with Crippen molar-refractivity contribution in [3.05, 3.63) is 23.5 Å². The van der Waals surface area contributed by atoms with Gasteiger partial charge in [0, 0.05) is 6.20 Å². The number of nitriles is 1. The Morgan fingerprint density at radius 2 is 2.31 bits per heavy atom. The predicted octanol–water partition coefficient (Wildman–Crippen LogP) is 1.90. The van der Waals surface area contributed by atoms with Crippen molar-refractivity contribution < 1.29 is 13.5 Å². The maximum atomic E-state index is 12.3. The van der Waals surface area contributed by atoms with Crippen LogP contribution < -0.4 is 4.74 Å². The number of hydrogen-bond donors (Lipinski definition) is 0. The van der Waals surface area contributed by atoms with Gasteiger partial charge in [-0.05, 0) is 6.07 Å². The van der Waals surface area contributed by atoms with Crippen molar-refractivity contribution in [2.24, 2.45) is 0 Å². The SMILES string of the molecule is COc1ccnc(C(F)F)c1C#N. The standard InChI is InChI=1S/C8H6F2N2O/c1-13-6-2-3-12-7(8(9)10)5(6)4-11/h2-3,8H,1H3. The Hall–Kier alpha value is -1.70. The van der Waals surface area contributed by atoms with Gasteiger partial charge in [0.25, 0.3) is 6.43 Å². The summed E-state index contributed by atoms with van der Waals surface area (Å²) in [6.45, 7) is 0. The quantitative estimate of drug-likeness (QED) is 0.705. The molecule has 13 heavy (non-hydrogen) atoms. The molecule has 0 aliphatic carbocycles. The van der Waals surface area contributed by atoms with Crippen LogP contribution in [0, 0.1) is 11.3 Å². The summed E-state index contributed by atoms with van der Waals surface area (Å²) >= 11 is 0. The van der Waals surface area contributed by atoms with Crippen LogP contribution in [-0.2, 0) is 0 Å². The van der Waals surface area contributed by atoms with Crippen molar-refractivity contribution >= 4 is 0 Å². The average molecular weight is 184 g/mol. The lowest BCUT2D eigenvalue weighted by Gasteiger charge is -2.05. The minimum Gasteiger partial charge on any atom is -0.495 e. The minimum atomic E-state index is -2.76. The Morgan fingerprint density at radius 3 is 2.77 bits per heavy atom. The van der Waals surface area contributed by atoms with Crippen molar-refractivity contribution in [1.29, 1.82) is 5.26 Å². The molecule has 0 aliphatic heterocycles. The van der Waals surface area contributed by atoms with Crippen molar-refractivity contribution in [1.82, 2.24) is 4.98 Å². The predicted molar refractivity (Wildman–Crippen MR) is 40.5 cm³/mol. The Kier molecular flexibility index (Phi) is 2.75. The van der Waals surface area contributed by atoms with Gasteiger partial charge in [-0.25, -0.2) is 8.78 Å². The first-order valence-corrected chi connectivity index (χ1v) is 3.41. The molecule has 0 saturated heterocycles. The Morgan fingerprint density at radius 1 is 1.62 bits per heavy atom. The zero-order valence-corrected chi connectivity index (χ0v) is 6.79. The van der Waals surface area contributed by atoms with Crippen LogP contribution in [0.25, 0.3) is 0 Å². The second-order valence-corrected chi connectivity index (χ2v) is 2.19. The highest BCUT2D eigenvalue weighted by Gasteiger charge is 2.17. The van der Waals surface area contributed by atoms with E-state index >= 15 is 0 Å². The highest BCUT2D eigenvalue weighted by molar-refractivity contribution is 5.45. The second-order valence-electron chi connectivity index (χ2n) is 2.19. The number of alkyl halides is 2. The van der Waals surface area contributed by atoms with Gasteiger partial charge in [-0.1, -0.05) is 0 Å². The molecule has 0 bridgehead atoms. The molecule has 0 spiro atoms. The van der Waals surface area contributed by atoms with E-state index in [9.17, 15) is 8.78 Å². The fourth-order valence-electron chi connectivity index (χ4n) is 0.907. The van der Waals surface area contributed by atoms with E-state index in [0.717, 1.165) is 0 Å². The normalized spacial score (nSPS) is 9.77. The van der Waals surface area contributed by atoms with Crippen LogP contribution in [0.3, 0.4) is 0 Å². The topological polar surface area (TPSA) is 45.9 Å². The van der Waals surface area contributed by atoms with Crippen LogP contribution in [0.4, 0.5) is 8.78 Å². The van der Waals surface area contributed by atoms with Gasteiger partial charge in [0.15, 0.2) is 0 Å². The number of aromatic nitrogens is 1. The lowest BCUT2D eigenvalue weighted by atomic mass is 10.2. The fourth-order valence-corrected chi connectivity index (χ4v) is 0.907. The molecular formula is C8H6F2N2O. The van der Waals surface area contributed by atoms with Gasteiger partial charge < -0.3 is 4.74 Å². The van der Waals surface area contributed by atoms with Gasteiger partial charge in [-0.2, -0.15) is 5.26 Å². The fraction of sp³-hybridized carbons (Fsp3) is 0.250. The van der Waals surface area contributed by atoms with E-state index in [2.05, 4.69) is 4.98 Å². The molecule has 68 valence electrons. The van der Waals surface area contributed by atoms with Gasteiger partial charge in [-0.15, -0.1) is 0 Å². The van der Waals surface area contributed by atoms with Crippen LogP contribution in [0.15, 0.2) is 12.3 Å². The molecule has 1 rings (SSSR count). The zero-order valence-electron chi connectivity index (χ0n) is 6.79. The molecule has 1 aromatic rings. The summed E-state index contributed by atoms with van der Waals surface area (Å²) in [5, 5.41) is 8.58. The number of nitrogens with zero attached hydrogens (tertiary/aromatic N) is 2.